The van der Waals surface area contributed by atoms with Crippen molar-refractivity contribution in [1.82, 2.24) is 20.0 Å². The van der Waals surface area contributed by atoms with E-state index in [1.54, 1.807) is 0 Å². The Morgan fingerprint density at radius 2 is 1.63 bits per heavy atom. The van der Waals surface area contributed by atoms with Gasteiger partial charge in [-0.05, 0) is 44.9 Å². The number of piperazine rings is 1. The van der Waals surface area contributed by atoms with Gasteiger partial charge in [0.25, 0.3) is 0 Å². The molecule has 0 aromatic heterocycles. The summed E-state index contributed by atoms with van der Waals surface area (Å²) in [5.41, 5.74) is 0. The van der Waals surface area contributed by atoms with Gasteiger partial charge in [0.05, 0.1) is 12.6 Å². The van der Waals surface area contributed by atoms with Gasteiger partial charge in [-0.1, -0.05) is 19.3 Å². The fourth-order valence-corrected chi connectivity index (χ4v) is 4.79. The highest BCUT2D eigenvalue weighted by Crippen LogP contribution is 2.20. The van der Waals surface area contributed by atoms with Gasteiger partial charge in [-0.25, -0.2) is 0 Å². The van der Waals surface area contributed by atoms with Crippen LogP contribution in [0.5, 0.6) is 0 Å². The number of nitrogens with zero attached hydrogens (tertiary/aromatic N) is 4. The number of nitrogens with one attached hydrogen (secondary N) is 1. The minimum absolute atomic E-state index is 0.302. The average molecular weight is 422 g/mol. The van der Waals surface area contributed by atoms with E-state index in [-0.39, 0.29) is 0 Å². The molecule has 0 radical (unpaired) electrons. The van der Waals surface area contributed by atoms with Gasteiger partial charge in [-0.15, -0.1) is 0 Å². The van der Waals surface area contributed by atoms with Crippen molar-refractivity contribution in [2.45, 2.75) is 70.3 Å². The highest BCUT2D eigenvalue weighted by Gasteiger charge is 2.24. The molecule has 3 fully saturated rings. The number of hydrogen-bond acceptors (Lipinski definition) is 4. The topological polar surface area (TPSA) is 60.4 Å². The largest absolute Gasteiger partial charge is 0.378 e. The lowest BCUT2D eigenvalue weighted by Crippen LogP contribution is -2.54. The van der Waals surface area contributed by atoms with Gasteiger partial charge >= 0.3 is 0 Å². The van der Waals surface area contributed by atoms with Gasteiger partial charge in [-0.3, -0.25) is 14.7 Å². The predicted octanol–water partition coefficient (Wildman–Crippen LogP) is 2.32. The molecule has 30 heavy (non-hydrogen) atoms. The number of amides is 1. The van der Waals surface area contributed by atoms with Gasteiger partial charge in [-0.2, -0.15) is 0 Å². The van der Waals surface area contributed by atoms with Crippen LogP contribution in [0.1, 0.15) is 64.2 Å². The minimum Gasteiger partial charge on any atom is -0.378 e. The lowest BCUT2D eigenvalue weighted by atomic mass is 9.98. The SMILES string of the molecule is CN=C(NCCCCCOC1CCCCC1)N1CCN(CC(=O)N2CCCC2)CC1. The molecule has 1 aliphatic carbocycles. The fourth-order valence-electron chi connectivity index (χ4n) is 4.79. The maximum absolute atomic E-state index is 12.4. The lowest BCUT2D eigenvalue weighted by molar-refractivity contribution is -0.131. The Morgan fingerprint density at radius 3 is 2.33 bits per heavy atom. The van der Waals surface area contributed by atoms with Gasteiger partial charge < -0.3 is 19.9 Å². The van der Waals surface area contributed by atoms with Crippen molar-refractivity contribution >= 4 is 11.9 Å². The van der Waals surface area contributed by atoms with E-state index in [0.29, 0.717) is 18.6 Å². The summed E-state index contributed by atoms with van der Waals surface area (Å²) in [5, 5.41) is 3.52. The molecule has 3 aliphatic rings. The summed E-state index contributed by atoms with van der Waals surface area (Å²) in [7, 11) is 1.86. The van der Waals surface area contributed by atoms with Crippen LogP contribution in [0.3, 0.4) is 0 Å². The number of guanidine groups is 1. The molecular weight excluding hydrogens is 378 g/mol. The summed E-state index contributed by atoms with van der Waals surface area (Å²) >= 11 is 0. The number of likely N-dealkylation sites (tertiary alicyclic amines) is 1. The molecule has 0 aromatic carbocycles. The highest BCUT2D eigenvalue weighted by atomic mass is 16.5. The summed E-state index contributed by atoms with van der Waals surface area (Å²) in [6.45, 7) is 8.07. The van der Waals surface area contributed by atoms with Crippen LogP contribution in [0.2, 0.25) is 0 Å². The van der Waals surface area contributed by atoms with E-state index >= 15 is 0 Å². The predicted molar refractivity (Wildman–Crippen MR) is 122 cm³/mol. The first kappa shape index (κ1) is 23.3. The first-order valence-electron chi connectivity index (χ1n) is 12.3. The van der Waals surface area contributed by atoms with Crippen molar-refractivity contribution < 1.29 is 9.53 Å². The molecular formula is C23H43N5O2. The lowest BCUT2D eigenvalue weighted by Gasteiger charge is -2.36. The van der Waals surface area contributed by atoms with Crippen molar-refractivity contribution in [3.8, 4) is 0 Å². The first-order valence-corrected chi connectivity index (χ1v) is 12.3. The Labute approximate surface area is 183 Å². The Bertz CT molecular complexity index is 522. The maximum Gasteiger partial charge on any atom is 0.236 e. The zero-order valence-electron chi connectivity index (χ0n) is 19.1. The van der Waals surface area contributed by atoms with E-state index in [2.05, 4.69) is 20.1 Å². The first-order chi connectivity index (χ1) is 14.8. The molecule has 2 aliphatic heterocycles. The second kappa shape index (κ2) is 13.2. The van der Waals surface area contributed by atoms with Crippen molar-refractivity contribution in [2.75, 3.05) is 66.0 Å². The fraction of sp³-hybridized carbons (Fsp3) is 0.913. The van der Waals surface area contributed by atoms with E-state index in [0.717, 1.165) is 84.1 Å². The molecule has 1 N–H and O–H groups in total. The second-order valence-corrected chi connectivity index (χ2v) is 9.02. The van der Waals surface area contributed by atoms with Gasteiger partial charge in [0.15, 0.2) is 5.96 Å². The van der Waals surface area contributed by atoms with Crippen LogP contribution in [0.15, 0.2) is 4.99 Å². The Kier molecular flexibility index (Phi) is 10.2. The van der Waals surface area contributed by atoms with Crippen LogP contribution in [0.4, 0.5) is 0 Å². The van der Waals surface area contributed by atoms with Crippen LogP contribution in [-0.2, 0) is 9.53 Å². The Morgan fingerprint density at radius 1 is 0.900 bits per heavy atom. The molecule has 3 rings (SSSR count). The van der Waals surface area contributed by atoms with E-state index in [9.17, 15) is 4.79 Å². The third-order valence-electron chi connectivity index (χ3n) is 6.71. The number of carbonyl (C=O) groups excluding carboxylic acids is 1. The molecule has 7 nitrogen and oxygen atoms in total. The molecule has 7 heteroatoms. The second-order valence-electron chi connectivity index (χ2n) is 9.02. The maximum atomic E-state index is 12.4. The summed E-state index contributed by atoms with van der Waals surface area (Å²) in [6, 6.07) is 0. The molecule has 0 spiro atoms. The zero-order valence-corrected chi connectivity index (χ0v) is 19.1. The smallest absolute Gasteiger partial charge is 0.236 e. The molecule has 2 saturated heterocycles. The number of hydrogen-bond donors (Lipinski definition) is 1. The highest BCUT2D eigenvalue weighted by molar-refractivity contribution is 5.80. The number of carbonyl (C=O) groups is 1. The van der Waals surface area contributed by atoms with E-state index in [1.165, 1.54) is 38.5 Å². The molecule has 0 bridgehead atoms. The average Bonchev–Trinajstić information content (AvgIpc) is 3.32. The number of rotatable bonds is 9. The van der Waals surface area contributed by atoms with Crippen molar-refractivity contribution in [3.05, 3.63) is 0 Å². The molecule has 0 atom stereocenters. The summed E-state index contributed by atoms with van der Waals surface area (Å²) in [6.07, 6.45) is 13.0. The summed E-state index contributed by atoms with van der Waals surface area (Å²) in [4.78, 5) is 23.5. The van der Waals surface area contributed by atoms with Gasteiger partial charge in [0.1, 0.15) is 0 Å². The quantitative estimate of drug-likeness (QED) is 0.352. The normalized spacial score (nSPS) is 22.0. The number of ether oxygens (including phenoxy) is 1. The van der Waals surface area contributed by atoms with Crippen LogP contribution < -0.4 is 5.32 Å². The summed E-state index contributed by atoms with van der Waals surface area (Å²) < 4.78 is 6.01. The third kappa shape index (κ3) is 7.73. The van der Waals surface area contributed by atoms with Crippen molar-refractivity contribution in [3.63, 3.8) is 0 Å². The Hall–Kier alpha value is -1.34. The molecule has 2 heterocycles. The van der Waals surface area contributed by atoms with E-state index in [4.69, 9.17) is 4.74 Å². The number of aliphatic imine (C=N–C) groups is 1. The molecule has 172 valence electrons. The Balaban J connectivity index is 1.22. The van der Waals surface area contributed by atoms with E-state index < -0.39 is 0 Å². The molecule has 0 aromatic rings. The van der Waals surface area contributed by atoms with Crippen LogP contribution in [0.25, 0.3) is 0 Å². The van der Waals surface area contributed by atoms with Crippen LogP contribution in [-0.4, -0.2) is 98.7 Å². The van der Waals surface area contributed by atoms with Crippen LogP contribution >= 0.6 is 0 Å². The molecule has 1 saturated carbocycles. The molecule has 0 unspecified atom stereocenters. The van der Waals surface area contributed by atoms with Crippen molar-refractivity contribution in [2.24, 2.45) is 4.99 Å². The van der Waals surface area contributed by atoms with E-state index in [1.807, 2.05) is 11.9 Å². The summed E-state index contributed by atoms with van der Waals surface area (Å²) in [5.74, 6) is 1.30. The van der Waals surface area contributed by atoms with Crippen molar-refractivity contribution in [1.29, 1.82) is 0 Å². The van der Waals surface area contributed by atoms with Gasteiger partial charge in [0.2, 0.25) is 5.91 Å². The van der Waals surface area contributed by atoms with Gasteiger partial charge in [0, 0.05) is 59.5 Å². The monoisotopic (exact) mass is 421 g/mol. The van der Waals surface area contributed by atoms with Crippen LogP contribution in [0, 0.1) is 0 Å². The standard InChI is InChI=1S/C23H43N5O2/c1-24-23(25-12-6-3-9-19-30-21-10-4-2-5-11-21)28-17-15-26(16-18-28)20-22(29)27-13-7-8-14-27/h21H,2-20H2,1H3,(H,24,25). The minimum atomic E-state index is 0.302. The molecule has 1 amide bonds. The zero-order chi connectivity index (χ0) is 21.0. The number of unbranched alkanes of at least 4 members (excludes halogenated alkanes) is 2. The third-order valence-corrected chi connectivity index (χ3v) is 6.71.